The number of carbonyl (C=O) groups is 3. The Kier molecular flexibility index (Phi) is 8.28. The molecule has 0 aromatic heterocycles. The lowest BCUT2D eigenvalue weighted by molar-refractivity contribution is -0.156. The molecule has 1 aliphatic rings. The van der Waals surface area contributed by atoms with E-state index in [0.717, 1.165) is 18.1 Å². The summed E-state index contributed by atoms with van der Waals surface area (Å²) >= 11 is 0. The largest absolute Gasteiger partial charge is 0.479 e. The third-order valence-electron chi connectivity index (χ3n) is 6.20. The molecule has 0 bridgehead atoms. The molecule has 2 atom stereocenters. The van der Waals surface area contributed by atoms with E-state index in [-0.39, 0.29) is 37.3 Å². The second-order valence-corrected chi connectivity index (χ2v) is 9.04. The zero-order chi connectivity index (χ0) is 24.7. The Hall–Kier alpha value is -3.39. The van der Waals surface area contributed by atoms with Crippen LogP contribution in [0.15, 0.2) is 48.5 Å². The van der Waals surface area contributed by atoms with Crippen molar-refractivity contribution in [2.24, 2.45) is 5.92 Å². The summed E-state index contributed by atoms with van der Waals surface area (Å²) in [5, 5.41) is 23.7. The van der Waals surface area contributed by atoms with E-state index in [9.17, 15) is 19.5 Å². The summed E-state index contributed by atoms with van der Waals surface area (Å²) in [4.78, 5) is 35.0. The SMILES string of the molecule is CC(CCNC(=O)OCC1c2ccccc2-c2ccccc21)CCC(=O)NCC(C)(O)C(=O)O. The quantitative estimate of drug-likeness (QED) is 0.401. The van der Waals surface area contributed by atoms with E-state index in [4.69, 9.17) is 9.84 Å². The van der Waals surface area contributed by atoms with Gasteiger partial charge in [-0.15, -0.1) is 0 Å². The summed E-state index contributed by atoms with van der Waals surface area (Å²) in [6.07, 6.45) is 0.988. The van der Waals surface area contributed by atoms with Crippen LogP contribution < -0.4 is 10.6 Å². The van der Waals surface area contributed by atoms with Crippen LogP contribution in [0, 0.1) is 5.92 Å². The van der Waals surface area contributed by atoms with Crippen LogP contribution in [0.25, 0.3) is 11.1 Å². The van der Waals surface area contributed by atoms with Crippen molar-refractivity contribution < 1.29 is 29.3 Å². The third-order valence-corrected chi connectivity index (χ3v) is 6.20. The van der Waals surface area contributed by atoms with Crippen LogP contribution in [-0.2, 0) is 14.3 Å². The van der Waals surface area contributed by atoms with Gasteiger partial charge in [0.1, 0.15) is 6.61 Å². The van der Waals surface area contributed by atoms with Crippen molar-refractivity contribution in [3.8, 4) is 11.1 Å². The van der Waals surface area contributed by atoms with Crippen molar-refractivity contribution in [3.05, 3.63) is 59.7 Å². The Balaban J connectivity index is 1.36. The van der Waals surface area contributed by atoms with Crippen LogP contribution in [-0.4, -0.2) is 53.5 Å². The minimum Gasteiger partial charge on any atom is -0.479 e. The average Bonchev–Trinajstić information content (AvgIpc) is 3.14. The minimum absolute atomic E-state index is 0.0116. The van der Waals surface area contributed by atoms with E-state index in [0.29, 0.717) is 19.4 Å². The van der Waals surface area contributed by atoms with E-state index < -0.39 is 17.7 Å². The number of fused-ring (bicyclic) bond motifs is 3. The molecule has 3 rings (SSSR count). The number of amides is 2. The lowest BCUT2D eigenvalue weighted by Gasteiger charge is -2.18. The molecule has 0 spiro atoms. The van der Waals surface area contributed by atoms with Gasteiger partial charge < -0.3 is 25.6 Å². The highest BCUT2D eigenvalue weighted by molar-refractivity contribution is 5.80. The molecule has 0 heterocycles. The first-order chi connectivity index (χ1) is 16.2. The molecule has 8 heteroatoms. The standard InChI is InChI=1S/C26H32N2O6/c1-17(11-12-23(29)28-16-26(2,33)24(30)31)13-14-27-25(32)34-15-22-20-9-5-3-7-18(20)19-8-4-6-10-21(19)22/h3-10,17,22,33H,11-16H2,1-2H3,(H,27,32)(H,28,29)(H,30,31). The zero-order valence-electron chi connectivity index (χ0n) is 19.5. The molecule has 0 saturated carbocycles. The highest BCUT2D eigenvalue weighted by atomic mass is 16.5. The normalized spacial score (nSPS) is 14.9. The van der Waals surface area contributed by atoms with Crippen LogP contribution in [0.3, 0.4) is 0 Å². The number of hydrogen-bond donors (Lipinski definition) is 4. The number of carbonyl (C=O) groups excluding carboxylic acids is 2. The molecular weight excluding hydrogens is 436 g/mol. The first-order valence-electron chi connectivity index (χ1n) is 11.5. The predicted molar refractivity (Wildman–Crippen MR) is 127 cm³/mol. The molecule has 0 fully saturated rings. The van der Waals surface area contributed by atoms with Gasteiger partial charge in [0.05, 0.1) is 6.54 Å². The molecular formula is C26H32N2O6. The summed E-state index contributed by atoms with van der Waals surface area (Å²) in [6, 6.07) is 16.3. The molecule has 8 nitrogen and oxygen atoms in total. The van der Waals surface area contributed by atoms with E-state index >= 15 is 0 Å². The number of rotatable bonds is 11. The van der Waals surface area contributed by atoms with Crippen molar-refractivity contribution >= 4 is 18.0 Å². The van der Waals surface area contributed by atoms with Crippen LogP contribution in [0.2, 0.25) is 0 Å². The monoisotopic (exact) mass is 468 g/mol. The van der Waals surface area contributed by atoms with Crippen LogP contribution in [0.4, 0.5) is 4.79 Å². The van der Waals surface area contributed by atoms with Crippen molar-refractivity contribution in [2.75, 3.05) is 19.7 Å². The lowest BCUT2D eigenvalue weighted by atomic mass is 9.98. The summed E-state index contributed by atoms with van der Waals surface area (Å²) in [6.45, 7) is 3.44. The Morgan fingerprint density at radius 1 is 1.00 bits per heavy atom. The van der Waals surface area contributed by atoms with Crippen molar-refractivity contribution in [3.63, 3.8) is 0 Å². The third kappa shape index (κ3) is 6.35. The lowest BCUT2D eigenvalue weighted by Crippen LogP contribution is -2.46. The second-order valence-electron chi connectivity index (χ2n) is 9.04. The predicted octanol–water partition coefficient (Wildman–Crippen LogP) is 3.28. The van der Waals surface area contributed by atoms with E-state index in [1.165, 1.54) is 11.1 Å². The first-order valence-corrected chi connectivity index (χ1v) is 11.5. The number of carboxylic acids is 1. The van der Waals surface area contributed by atoms with Gasteiger partial charge in [-0.3, -0.25) is 4.79 Å². The number of carboxylic acid groups (broad SMARTS) is 1. The number of alkyl carbamates (subject to hydrolysis) is 1. The Morgan fingerprint density at radius 2 is 1.59 bits per heavy atom. The van der Waals surface area contributed by atoms with Crippen molar-refractivity contribution in [1.82, 2.24) is 10.6 Å². The van der Waals surface area contributed by atoms with Gasteiger partial charge in [-0.05, 0) is 47.9 Å². The van der Waals surface area contributed by atoms with Crippen LogP contribution in [0.1, 0.15) is 50.2 Å². The van der Waals surface area contributed by atoms with Gasteiger partial charge in [0.25, 0.3) is 0 Å². The smallest absolute Gasteiger partial charge is 0.407 e. The number of aliphatic hydroxyl groups is 1. The molecule has 34 heavy (non-hydrogen) atoms. The molecule has 2 aromatic rings. The van der Waals surface area contributed by atoms with Crippen molar-refractivity contribution in [2.45, 2.75) is 44.6 Å². The molecule has 2 aromatic carbocycles. The zero-order valence-corrected chi connectivity index (χ0v) is 19.5. The van der Waals surface area contributed by atoms with E-state index in [1.807, 2.05) is 31.2 Å². The summed E-state index contributed by atoms with van der Waals surface area (Å²) in [5.74, 6) is -1.53. The second kappa shape index (κ2) is 11.2. The minimum atomic E-state index is -1.99. The molecule has 0 saturated heterocycles. The molecule has 182 valence electrons. The Bertz CT molecular complexity index is 990. The maximum absolute atomic E-state index is 12.2. The van der Waals surface area contributed by atoms with Gasteiger partial charge in [0, 0.05) is 18.9 Å². The fourth-order valence-corrected chi connectivity index (χ4v) is 4.03. The van der Waals surface area contributed by atoms with E-state index in [2.05, 4.69) is 34.9 Å². The number of aliphatic carboxylic acids is 1. The number of ether oxygens (including phenoxy) is 1. The average molecular weight is 469 g/mol. The van der Waals surface area contributed by atoms with Gasteiger partial charge in [-0.25, -0.2) is 9.59 Å². The summed E-state index contributed by atoms with van der Waals surface area (Å²) in [5.41, 5.74) is 2.68. The fraction of sp³-hybridized carbons (Fsp3) is 0.423. The van der Waals surface area contributed by atoms with Gasteiger partial charge in [0.15, 0.2) is 5.60 Å². The van der Waals surface area contributed by atoms with Crippen LogP contribution in [0.5, 0.6) is 0 Å². The molecule has 4 N–H and O–H groups in total. The maximum Gasteiger partial charge on any atom is 0.407 e. The van der Waals surface area contributed by atoms with Gasteiger partial charge in [0.2, 0.25) is 5.91 Å². The fourth-order valence-electron chi connectivity index (χ4n) is 4.03. The van der Waals surface area contributed by atoms with Crippen molar-refractivity contribution in [1.29, 1.82) is 0 Å². The van der Waals surface area contributed by atoms with E-state index in [1.54, 1.807) is 0 Å². The van der Waals surface area contributed by atoms with Gasteiger partial charge >= 0.3 is 12.1 Å². The molecule has 0 aliphatic heterocycles. The molecule has 0 radical (unpaired) electrons. The molecule has 2 amide bonds. The molecule has 2 unspecified atom stereocenters. The summed E-state index contributed by atoms with van der Waals surface area (Å²) in [7, 11) is 0. The molecule has 1 aliphatic carbocycles. The highest BCUT2D eigenvalue weighted by Crippen LogP contribution is 2.44. The Labute approximate surface area is 199 Å². The van der Waals surface area contributed by atoms with Gasteiger partial charge in [-0.2, -0.15) is 0 Å². The summed E-state index contributed by atoms with van der Waals surface area (Å²) < 4.78 is 5.52. The topological polar surface area (TPSA) is 125 Å². The number of nitrogens with one attached hydrogen (secondary N) is 2. The Morgan fingerprint density at radius 3 is 2.18 bits per heavy atom. The van der Waals surface area contributed by atoms with Crippen LogP contribution >= 0.6 is 0 Å². The number of hydrogen-bond acceptors (Lipinski definition) is 5. The number of benzene rings is 2. The van der Waals surface area contributed by atoms with Gasteiger partial charge in [-0.1, -0.05) is 55.5 Å². The highest BCUT2D eigenvalue weighted by Gasteiger charge is 2.30. The maximum atomic E-state index is 12.2. The first kappa shape index (κ1) is 25.2.